The van der Waals surface area contributed by atoms with Gasteiger partial charge in [-0.3, -0.25) is 0 Å². The molecule has 2 atom stereocenters. The number of nitrogens with zero attached hydrogens (tertiary/aromatic N) is 4. The Balaban J connectivity index is 1.92. The highest BCUT2D eigenvalue weighted by Gasteiger charge is 2.19. The minimum absolute atomic E-state index is 0.398. The minimum atomic E-state index is 0.398. The lowest BCUT2D eigenvalue weighted by atomic mass is 9.91. The first-order valence-corrected chi connectivity index (χ1v) is 6.18. The molecule has 0 amide bonds. The fourth-order valence-electron chi connectivity index (χ4n) is 2.23. The van der Waals surface area contributed by atoms with E-state index in [-0.39, 0.29) is 0 Å². The van der Waals surface area contributed by atoms with Crippen molar-refractivity contribution in [2.45, 2.75) is 25.8 Å². The van der Waals surface area contributed by atoms with E-state index in [0.29, 0.717) is 17.6 Å². The van der Waals surface area contributed by atoms with Gasteiger partial charge < -0.3 is 5.32 Å². The number of allylic oxidation sites excluding steroid dienone is 1. The van der Waals surface area contributed by atoms with Crippen LogP contribution >= 0.6 is 0 Å². The van der Waals surface area contributed by atoms with Crippen LogP contribution < -0.4 is 5.32 Å². The smallest absolute Gasteiger partial charge is 0.183 e. The van der Waals surface area contributed by atoms with E-state index >= 15 is 0 Å². The Morgan fingerprint density at radius 1 is 1.06 bits per heavy atom. The van der Waals surface area contributed by atoms with Crippen molar-refractivity contribution in [2.24, 2.45) is 5.92 Å². The molecule has 0 bridgehead atoms. The molecule has 5 nitrogen and oxygen atoms in total. The number of rotatable bonds is 2. The molecule has 0 spiro atoms. The summed E-state index contributed by atoms with van der Waals surface area (Å²) in [6.45, 7) is 2.25. The molecular formula is C13H15N5. The van der Waals surface area contributed by atoms with Crippen molar-refractivity contribution in [3.05, 3.63) is 30.9 Å². The van der Waals surface area contributed by atoms with Crippen LogP contribution in [0, 0.1) is 5.92 Å². The zero-order chi connectivity index (χ0) is 12.4. The van der Waals surface area contributed by atoms with E-state index in [4.69, 9.17) is 0 Å². The minimum Gasteiger partial charge on any atom is -0.365 e. The topological polar surface area (TPSA) is 63.6 Å². The summed E-state index contributed by atoms with van der Waals surface area (Å²) in [7, 11) is 0. The van der Waals surface area contributed by atoms with E-state index < -0.39 is 0 Å². The van der Waals surface area contributed by atoms with Gasteiger partial charge in [-0.2, -0.15) is 0 Å². The molecule has 2 aromatic rings. The Morgan fingerprint density at radius 3 is 2.78 bits per heavy atom. The van der Waals surface area contributed by atoms with Crippen LogP contribution in [0.25, 0.3) is 11.2 Å². The van der Waals surface area contributed by atoms with Gasteiger partial charge in [0.05, 0.1) is 0 Å². The second-order valence-corrected chi connectivity index (χ2v) is 4.62. The van der Waals surface area contributed by atoms with Gasteiger partial charge in [-0.25, -0.2) is 19.9 Å². The Morgan fingerprint density at radius 2 is 1.89 bits per heavy atom. The predicted octanol–water partition coefficient (Wildman–Crippen LogP) is 2.19. The second-order valence-electron chi connectivity index (χ2n) is 4.62. The van der Waals surface area contributed by atoms with Crippen molar-refractivity contribution in [1.29, 1.82) is 0 Å². The quantitative estimate of drug-likeness (QED) is 0.816. The SMILES string of the molecule is C[C@@H]1CC=CC[C@H]1Nc1ncnc2nccnc12. The summed E-state index contributed by atoms with van der Waals surface area (Å²) < 4.78 is 0. The average molecular weight is 241 g/mol. The summed E-state index contributed by atoms with van der Waals surface area (Å²) in [4.78, 5) is 16.9. The maximum atomic E-state index is 4.30. The van der Waals surface area contributed by atoms with Crippen molar-refractivity contribution in [3.8, 4) is 0 Å². The summed E-state index contributed by atoms with van der Waals surface area (Å²) in [5.41, 5.74) is 1.37. The molecule has 5 heteroatoms. The lowest BCUT2D eigenvalue weighted by Crippen LogP contribution is -2.29. The molecule has 2 heterocycles. The van der Waals surface area contributed by atoms with Crippen LogP contribution in [-0.4, -0.2) is 26.0 Å². The first-order chi connectivity index (χ1) is 8.84. The van der Waals surface area contributed by atoms with Gasteiger partial charge in [0.1, 0.15) is 11.8 Å². The lowest BCUT2D eigenvalue weighted by Gasteiger charge is -2.26. The van der Waals surface area contributed by atoms with Crippen LogP contribution in [-0.2, 0) is 0 Å². The molecule has 18 heavy (non-hydrogen) atoms. The van der Waals surface area contributed by atoms with E-state index in [0.717, 1.165) is 24.2 Å². The summed E-state index contributed by atoms with van der Waals surface area (Å²) in [6.07, 6.45) is 11.4. The van der Waals surface area contributed by atoms with Crippen molar-refractivity contribution >= 4 is 17.0 Å². The van der Waals surface area contributed by atoms with Crippen molar-refractivity contribution in [1.82, 2.24) is 19.9 Å². The molecule has 0 saturated carbocycles. The fourth-order valence-corrected chi connectivity index (χ4v) is 2.23. The summed E-state index contributed by atoms with van der Waals surface area (Å²) >= 11 is 0. The predicted molar refractivity (Wildman–Crippen MR) is 70.1 cm³/mol. The highest BCUT2D eigenvalue weighted by atomic mass is 15.1. The van der Waals surface area contributed by atoms with Crippen LogP contribution in [0.4, 0.5) is 5.82 Å². The third-order valence-electron chi connectivity index (χ3n) is 3.34. The van der Waals surface area contributed by atoms with Crippen LogP contribution in [0.1, 0.15) is 19.8 Å². The third-order valence-corrected chi connectivity index (χ3v) is 3.34. The van der Waals surface area contributed by atoms with E-state index in [9.17, 15) is 0 Å². The van der Waals surface area contributed by atoms with Gasteiger partial charge in [0.15, 0.2) is 11.5 Å². The number of aromatic nitrogens is 4. The molecule has 2 aromatic heterocycles. The second kappa shape index (κ2) is 4.68. The Bertz CT molecular complexity index is 575. The summed E-state index contributed by atoms with van der Waals surface area (Å²) in [5.74, 6) is 1.37. The molecule has 0 aliphatic heterocycles. The molecule has 1 aliphatic rings. The van der Waals surface area contributed by atoms with Gasteiger partial charge in [-0.1, -0.05) is 19.1 Å². The summed E-state index contributed by atoms with van der Waals surface area (Å²) in [6, 6.07) is 0.398. The van der Waals surface area contributed by atoms with E-state index in [2.05, 4.69) is 44.3 Å². The number of hydrogen-bond donors (Lipinski definition) is 1. The van der Waals surface area contributed by atoms with Crippen LogP contribution in [0.3, 0.4) is 0 Å². The first-order valence-electron chi connectivity index (χ1n) is 6.18. The normalized spacial score (nSPS) is 23.2. The standard InChI is InChI=1S/C13H15N5/c1-9-4-2-3-5-10(9)18-13-11-12(16-8-17-13)15-7-6-14-11/h2-3,6-10H,4-5H2,1H3,(H,15,16,17,18)/t9-,10-/m1/s1. The third kappa shape index (κ3) is 2.03. The highest BCUT2D eigenvalue weighted by Crippen LogP contribution is 2.23. The number of anilines is 1. The molecule has 1 aliphatic carbocycles. The van der Waals surface area contributed by atoms with E-state index in [1.54, 1.807) is 12.4 Å². The van der Waals surface area contributed by atoms with Gasteiger partial charge in [0.2, 0.25) is 0 Å². The Kier molecular flexibility index (Phi) is 2.88. The Hall–Kier alpha value is -2.04. The molecule has 0 saturated heterocycles. The molecule has 0 radical (unpaired) electrons. The van der Waals surface area contributed by atoms with Crippen molar-refractivity contribution < 1.29 is 0 Å². The Labute approximate surface area is 105 Å². The van der Waals surface area contributed by atoms with Gasteiger partial charge in [0, 0.05) is 18.4 Å². The molecule has 3 rings (SSSR count). The molecule has 0 fully saturated rings. The van der Waals surface area contributed by atoms with Crippen LogP contribution in [0.2, 0.25) is 0 Å². The highest BCUT2D eigenvalue weighted by molar-refractivity contribution is 5.81. The van der Waals surface area contributed by atoms with Gasteiger partial charge >= 0.3 is 0 Å². The van der Waals surface area contributed by atoms with Gasteiger partial charge in [0.25, 0.3) is 0 Å². The molecule has 1 N–H and O–H groups in total. The van der Waals surface area contributed by atoms with Crippen LogP contribution in [0.15, 0.2) is 30.9 Å². The average Bonchev–Trinajstić information content (AvgIpc) is 2.42. The largest absolute Gasteiger partial charge is 0.365 e. The van der Waals surface area contributed by atoms with E-state index in [1.165, 1.54) is 6.33 Å². The molecule has 92 valence electrons. The monoisotopic (exact) mass is 241 g/mol. The maximum absolute atomic E-state index is 4.30. The number of hydrogen-bond acceptors (Lipinski definition) is 5. The first kappa shape index (κ1) is 11.1. The zero-order valence-corrected chi connectivity index (χ0v) is 10.2. The van der Waals surface area contributed by atoms with Gasteiger partial charge in [-0.05, 0) is 18.8 Å². The summed E-state index contributed by atoms with van der Waals surface area (Å²) in [5, 5.41) is 3.47. The molecular weight excluding hydrogens is 226 g/mol. The number of nitrogens with one attached hydrogen (secondary N) is 1. The van der Waals surface area contributed by atoms with Crippen molar-refractivity contribution in [3.63, 3.8) is 0 Å². The van der Waals surface area contributed by atoms with Crippen molar-refractivity contribution in [2.75, 3.05) is 5.32 Å². The maximum Gasteiger partial charge on any atom is 0.183 e. The van der Waals surface area contributed by atoms with Gasteiger partial charge in [-0.15, -0.1) is 0 Å². The van der Waals surface area contributed by atoms with Crippen LogP contribution in [0.5, 0.6) is 0 Å². The lowest BCUT2D eigenvalue weighted by molar-refractivity contribution is 0.472. The number of fused-ring (bicyclic) bond motifs is 1. The molecule has 0 unspecified atom stereocenters. The molecule has 0 aromatic carbocycles. The zero-order valence-electron chi connectivity index (χ0n) is 10.2. The fraction of sp³-hybridized carbons (Fsp3) is 0.385. The van der Waals surface area contributed by atoms with E-state index in [1.807, 2.05) is 0 Å².